The highest BCUT2D eigenvalue weighted by molar-refractivity contribution is 7.99. The number of methoxy groups -OCH3 is 1. The molecule has 0 aromatic heterocycles. The number of morpholine rings is 1. The molecule has 6 nitrogen and oxygen atoms in total. The van der Waals surface area contributed by atoms with Crippen LogP contribution in [0.1, 0.15) is 16.8 Å². The fourth-order valence-corrected chi connectivity index (χ4v) is 5.57. The third kappa shape index (κ3) is 4.74. The number of rotatable bonds is 7. The first-order valence-corrected chi connectivity index (χ1v) is 11.5. The van der Waals surface area contributed by atoms with Gasteiger partial charge in [-0.15, -0.1) is 0 Å². The molecule has 1 unspecified atom stereocenters. The number of nitrogens with zero attached hydrogens (tertiary/aromatic N) is 1. The number of benzene rings is 2. The van der Waals surface area contributed by atoms with Crippen LogP contribution < -0.4 is 15.4 Å². The molecule has 0 bridgehead atoms. The zero-order valence-corrected chi connectivity index (χ0v) is 18.2. The van der Waals surface area contributed by atoms with E-state index < -0.39 is 0 Å². The van der Waals surface area contributed by atoms with Gasteiger partial charge in [-0.3, -0.25) is 9.69 Å². The molecule has 2 aromatic rings. The Kier molecular flexibility index (Phi) is 6.82. The summed E-state index contributed by atoms with van der Waals surface area (Å²) < 4.78 is 10.8. The average molecular weight is 428 g/mol. The second-order valence-corrected chi connectivity index (χ2v) is 8.81. The molecular formula is C23H29N3O3S. The molecule has 4 rings (SSSR count). The molecule has 2 saturated heterocycles. The quantitative estimate of drug-likeness (QED) is 0.706. The van der Waals surface area contributed by atoms with Crippen LogP contribution in [0.15, 0.2) is 48.5 Å². The fourth-order valence-electron chi connectivity index (χ4n) is 4.09. The number of hydrogen-bond donors (Lipinski definition) is 2. The van der Waals surface area contributed by atoms with E-state index in [-0.39, 0.29) is 11.4 Å². The number of para-hydroxylation sites is 1. The lowest BCUT2D eigenvalue weighted by Gasteiger charge is -2.43. The molecule has 1 atom stereocenters. The maximum absolute atomic E-state index is 13.1. The Morgan fingerprint density at radius 2 is 1.93 bits per heavy atom. The second-order valence-electron chi connectivity index (χ2n) is 7.71. The summed E-state index contributed by atoms with van der Waals surface area (Å²) in [5, 5.41) is 6.59. The summed E-state index contributed by atoms with van der Waals surface area (Å²) in [5.41, 5.74) is 2.38. The van der Waals surface area contributed by atoms with Gasteiger partial charge in [0.1, 0.15) is 5.75 Å². The fraction of sp³-hybridized carbons (Fsp3) is 0.435. The summed E-state index contributed by atoms with van der Waals surface area (Å²) in [7, 11) is 1.65. The number of anilines is 2. The summed E-state index contributed by atoms with van der Waals surface area (Å²) in [6.45, 7) is 4.08. The minimum atomic E-state index is -0.0452. The Balaban J connectivity index is 1.45. The van der Waals surface area contributed by atoms with Crippen LogP contribution in [0.2, 0.25) is 0 Å². The molecule has 2 fully saturated rings. The van der Waals surface area contributed by atoms with Gasteiger partial charge in [-0.1, -0.05) is 12.1 Å². The Labute approximate surface area is 182 Å². The maximum Gasteiger partial charge on any atom is 0.253 e. The lowest BCUT2D eigenvalue weighted by atomic mass is 9.95. The van der Waals surface area contributed by atoms with Crippen LogP contribution in [0.3, 0.4) is 0 Å². The van der Waals surface area contributed by atoms with Gasteiger partial charge in [0.2, 0.25) is 0 Å². The third-order valence-electron chi connectivity index (χ3n) is 5.88. The van der Waals surface area contributed by atoms with Gasteiger partial charge in [-0.25, -0.2) is 0 Å². The maximum atomic E-state index is 13.1. The highest BCUT2D eigenvalue weighted by Gasteiger charge is 2.41. The minimum absolute atomic E-state index is 0.0302. The van der Waals surface area contributed by atoms with Crippen LogP contribution >= 0.6 is 11.8 Å². The van der Waals surface area contributed by atoms with E-state index in [0.717, 1.165) is 61.4 Å². The average Bonchev–Trinajstić information content (AvgIpc) is 3.29. The predicted molar refractivity (Wildman–Crippen MR) is 122 cm³/mol. The van der Waals surface area contributed by atoms with E-state index >= 15 is 0 Å². The number of ether oxygens (including phenoxy) is 2. The van der Waals surface area contributed by atoms with E-state index in [1.807, 2.05) is 60.3 Å². The molecule has 0 radical (unpaired) electrons. The number of carbonyl (C=O) groups excluding carboxylic acids is 1. The van der Waals surface area contributed by atoms with Crippen molar-refractivity contribution in [2.24, 2.45) is 0 Å². The van der Waals surface area contributed by atoms with Crippen molar-refractivity contribution in [2.75, 3.05) is 56.8 Å². The molecule has 2 aliphatic heterocycles. The van der Waals surface area contributed by atoms with Crippen molar-refractivity contribution in [3.63, 3.8) is 0 Å². The van der Waals surface area contributed by atoms with Gasteiger partial charge in [0, 0.05) is 36.6 Å². The van der Waals surface area contributed by atoms with Gasteiger partial charge in [0.05, 0.1) is 31.6 Å². The van der Waals surface area contributed by atoms with E-state index in [2.05, 4.69) is 15.5 Å². The Morgan fingerprint density at radius 1 is 1.17 bits per heavy atom. The monoisotopic (exact) mass is 427 g/mol. The summed E-state index contributed by atoms with van der Waals surface area (Å²) in [4.78, 5) is 15.6. The molecule has 2 N–H and O–H groups in total. The van der Waals surface area contributed by atoms with Crippen molar-refractivity contribution < 1.29 is 14.3 Å². The van der Waals surface area contributed by atoms with E-state index in [9.17, 15) is 4.79 Å². The number of hydrogen-bond acceptors (Lipinski definition) is 6. The van der Waals surface area contributed by atoms with E-state index in [0.29, 0.717) is 12.1 Å². The largest absolute Gasteiger partial charge is 0.497 e. The molecular weight excluding hydrogens is 398 g/mol. The lowest BCUT2D eigenvalue weighted by Crippen LogP contribution is -2.59. The van der Waals surface area contributed by atoms with Crippen molar-refractivity contribution in [1.82, 2.24) is 10.2 Å². The van der Waals surface area contributed by atoms with Crippen LogP contribution in [-0.2, 0) is 4.74 Å². The highest BCUT2D eigenvalue weighted by atomic mass is 32.2. The van der Waals surface area contributed by atoms with Gasteiger partial charge in [-0.2, -0.15) is 11.8 Å². The topological polar surface area (TPSA) is 62.8 Å². The molecule has 2 heterocycles. The summed E-state index contributed by atoms with van der Waals surface area (Å²) in [6, 6.07) is 15.3. The Bertz CT molecular complexity index is 847. The van der Waals surface area contributed by atoms with Crippen LogP contribution in [0.5, 0.6) is 5.75 Å². The molecule has 160 valence electrons. The third-order valence-corrected chi connectivity index (χ3v) is 7.12. The summed E-state index contributed by atoms with van der Waals surface area (Å²) in [6.07, 6.45) is 1.10. The van der Waals surface area contributed by atoms with Crippen molar-refractivity contribution in [1.29, 1.82) is 0 Å². The molecule has 0 aliphatic carbocycles. The van der Waals surface area contributed by atoms with Crippen LogP contribution in [0.4, 0.5) is 11.4 Å². The Hall–Kier alpha value is -2.22. The number of amides is 1. The lowest BCUT2D eigenvalue weighted by molar-refractivity contribution is -0.0129. The van der Waals surface area contributed by atoms with Crippen molar-refractivity contribution in [3.05, 3.63) is 54.1 Å². The first-order chi connectivity index (χ1) is 14.7. The second kappa shape index (κ2) is 9.73. The zero-order valence-electron chi connectivity index (χ0n) is 17.4. The molecule has 0 saturated carbocycles. The van der Waals surface area contributed by atoms with Crippen molar-refractivity contribution in [3.8, 4) is 5.75 Å². The Morgan fingerprint density at radius 3 is 2.63 bits per heavy atom. The van der Waals surface area contributed by atoms with Gasteiger partial charge >= 0.3 is 0 Å². The normalized spacial score (nSPS) is 21.9. The van der Waals surface area contributed by atoms with Crippen molar-refractivity contribution >= 4 is 29.0 Å². The molecule has 1 amide bonds. The predicted octanol–water partition coefficient (Wildman–Crippen LogP) is 3.38. The summed E-state index contributed by atoms with van der Waals surface area (Å²) in [5.74, 6) is 2.95. The first-order valence-electron chi connectivity index (χ1n) is 10.4. The van der Waals surface area contributed by atoms with E-state index in [1.165, 1.54) is 0 Å². The van der Waals surface area contributed by atoms with Gasteiger partial charge in [-0.05, 0) is 48.6 Å². The van der Waals surface area contributed by atoms with Gasteiger partial charge < -0.3 is 20.1 Å². The van der Waals surface area contributed by atoms with Crippen LogP contribution in [0.25, 0.3) is 0 Å². The number of thioether (sulfide) groups is 1. The highest BCUT2D eigenvalue weighted by Crippen LogP contribution is 2.34. The van der Waals surface area contributed by atoms with Crippen LogP contribution in [0, 0.1) is 0 Å². The van der Waals surface area contributed by atoms with Gasteiger partial charge in [0.15, 0.2) is 0 Å². The van der Waals surface area contributed by atoms with Gasteiger partial charge in [0.25, 0.3) is 5.91 Å². The number of carbonyl (C=O) groups is 1. The SMILES string of the molecule is COc1ccc(Nc2ccccc2C(=O)NCC2(N3CCOCC3)CCSC2)cc1. The molecule has 0 spiro atoms. The number of nitrogens with one attached hydrogen (secondary N) is 2. The molecule has 2 aromatic carbocycles. The molecule has 2 aliphatic rings. The van der Waals surface area contributed by atoms with Crippen LogP contribution in [-0.4, -0.2) is 67.8 Å². The zero-order chi connectivity index (χ0) is 20.8. The standard InChI is InChI=1S/C23H29N3O3S/c1-28-19-8-6-18(7-9-19)25-21-5-3-2-4-20(21)22(27)24-16-23(10-15-30-17-23)26-11-13-29-14-12-26/h2-9,25H,10-17H2,1H3,(H,24,27). The minimum Gasteiger partial charge on any atom is -0.497 e. The van der Waals surface area contributed by atoms with E-state index in [1.54, 1.807) is 7.11 Å². The summed E-state index contributed by atoms with van der Waals surface area (Å²) >= 11 is 1.97. The molecule has 30 heavy (non-hydrogen) atoms. The van der Waals surface area contributed by atoms with E-state index in [4.69, 9.17) is 9.47 Å². The smallest absolute Gasteiger partial charge is 0.253 e. The van der Waals surface area contributed by atoms with Crippen molar-refractivity contribution in [2.45, 2.75) is 12.0 Å². The first kappa shape index (κ1) is 21.0. The molecule has 7 heteroatoms.